The SMILES string of the molecule is O=C(CSc1nnc(-c2ccccc2F)n1CCc1ccccc1)N[C@@H]1CCS(=O)(=O)C1. The number of amides is 1. The maximum Gasteiger partial charge on any atom is 0.230 e. The van der Waals surface area contributed by atoms with Gasteiger partial charge in [0.15, 0.2) is 20.8 Å². The quantitative estimate of drug-likeness (QED) is 0.505. The highest BCUT2D eigenvalue weighted by molar-refractivity contribution is 7.99. The standard InChI is InChI=1S/C22H23FN4O3S2/c23-19-9-5-4-8-18(19)21-25-26-22(27(21)12-10-16-6-2-1-3-7-16)31-14-20(28)24-17-11-13-32(29,30)15-17/h1-9,17H,10-15H2,(H,24,28)/t17-/m1/s1. The smallest absolute Gasteiger partial charge is 0.230 e. The Hall–Kier alpha value is -2.72. The normalized spacial score (nSPS) is 17.3. The minimum absolute atomic E-state index is 0.0197. The zero-order chi connectivity index (χ0) is 22.6. The maximum absolute atomic E-state index is 14.4. The molecule has 1 aliphatic rings. The molecule has 10 heteroatoms. The van der Waals surface area contributed by atoms with Crippen molar-refractivity contribution in [1.29, 1.82) is 0 Å². The van der Waals surface area contributed by atoms with E-state index in [4.69, 9.17) is 0 Å². The van der Waals surface area contributed by atoms with Gasteiger partial charge in [0.1, 0.15) is 5.82 Å². The second-order valence-corrected chi connectivity index (χ2v) is 10.8. The van der Waals surface area contributed by atoms with Crippen molar-refractivity contribution < 1.29 is 17.6 Å². The van der Waals surface area contributed by atoms with Crippen molar-refractivity contribution in [1.82, 2.24) is 20.1 Å². The van der Waals surface area contributed by atoms with Gasteiger partial charge in [-0.05, 0) is 30.5 Å². The van der Waals surface area contributed by atoms with E-state index in [1.54, 1.807) is 18.2 Å². The third kappa shape index (κ3) is 5.55. The minimum atomic E-state index is -3.06. The topological polar surface area (TPSA) is 93.9 Å². The van der Waals surface area contributed by atoms with Crippen LogP contribution in [-0.2, 0) is 27.6 Å². The fourth-order valence-corrected chi connectivity index (χ4v) is 6.08. The van der Waals surface area contributed by atoms with E-state index in [9.17, 15) is 17.6 Å². The number of aryl methyl sites for hydroxylation is 1. The van der Waals surface area contributed by atoms with Crippen LogP contribution in [-0.4, -0.2) is 52.4 Å². The van der Waals surface area contributed by atoms with Gasteiger partial charge < -0.3 is 9.88 Å². The molecule has 4 rings (SSSR count). The summed E-state index contributed by atoms with van der Waals surface area (Å²) in [5.74, 6) is -0.0976. The lowest BCUT2D eigenvalue weighted by Crippen LogP contribution is -2.36. The summed E-state index contributed by atoms with van der Waals surface area (Å²) >= 11 is 1.20. The number of hydrogen-bond acceptors (Lipinski definition) is 6. The van der Waals surface area contributed by atoms with Crippen molar-refractivity contribution in [2.75, 3.05) is 17.3 Å². The molecule has 3 aromatic rings. The molecule has 0 aliphatic carbocycles. The summed E-state index contributed by atoms with van der Waals surface area (Å²) < 4.78 is 39.4. The van der Waals surface area contributed by atoms with E-state index in [1.807, 2.05) is 34.9 Å². The monoisotopic (exact) mass is 474 g/mol. The van der Waals surface area contributed by atoms with E-state index in [-0.39, 0.29) is 29.2 Å². The van der Waals surface area contributed by atoms with Gasteiger partial charge in [0.2, 0.25) is 5.91 Å². The third-order valence-corrected chi connectivity index (χ3v) is 7.96. The number of halogens is 1. The summed E-state index contributed by atoms with van der Waals surface area (Å²) in [4.78, 5) is 12.4. The molecular weight excluding hydrogens is 451 g/mol. The number of thioether (sulfide) groups is 1. The van der Waals surface area contributed by atoms with E-state index in [0.29, 0.717) is 35.9 Å². The van der Waals surface area contributed by atoms with Crippen LogP contribution in [0.25, 0.3) is 11.4 Å². The van der Waals surface area contributed by atoms with Gasteiger partial charge in [0.25, 0.3) is 0 Å². The summed E-state index contributed by atoms with van der Waals surface area (Å²) in [6.45, 7) is 0.519. The average Bonchev–Trinajstić information content (AvgIpc) is 3.33. The largest absolute Gasteiger partial charge is 0.352 e. The van der Waals surface area contributed by atoms with Gasteiger partial charge >= 0.3 is 0 Å². The number of carbonyl (C=O) groups excluding carboxylic acids is 1. The molecule has 0 bridgehead atoms. The van der Waals surface area contributed by atoms with Gasteiger partial charge in [-0.15, -0.1) is 10.2 Å². The second kappa shape index (κ2) is 9.83. The fourth-order valence-electron chi connectivity index (χ4n) is 3.63. The second-order valence-electron chi connectivity index (χ2n) is 7.63. The lowest BCUT2D eigenvalue weighted by atomic mass is 10.1. The molecule has 7 nitrogen and oxygen atoms in total. The van der Waals surface area contributed by atoms with Crippen LogP contribution in [0.2, 0.25) is 0 Å². The molecule has 0 saturated carbocycles. The zero-order valence-electron chi connectivity index (χ0n) is 17.3. The van der Waals surface area contributed by atoms with E-state index in [2.05, 4.69) is 15.5 Å². The summed E-state index contributed by atoms with van der Waals surface area (Å²) in [6.07, 6.45) is 1.13. The Morgan fingerprint density at radius 3 is 2.59 bits per heavy atom. The third-order valence-electron chi connectivity index (χ3n) is 5.23. The Morgan fingerprint density at radius 2 is 1.88 bits per heavy atom. The first-order valence-electron chi connectivity index (χ1n) is 10.3. The summed E-state index contributed by atoms with van der Waals surface area (Å²) in [6, 6.07) is 15.9. The van der Waals surface area contributed by atoms with Crippen LogP contribution >= 0.6 is 11.8 Å². The molecule has 1 aliphatic heterocycles. The number of rotatable bonds is 8. The molecular formula is C22H23FN4O3S2. The van der Waals surface area contributed by atoms with Crippen LogP contribution in [0.4, 0.5) is 4.39 Å². The number of sulfone groups is 1. The van der Waals surface area contributed by atoms with Crippen LogP contribution in [0.1, 0.15) is 12.0 Å². The first kappa shape index (κ1) is 22.5. The molecule has 0 spiro atoms. The lowest BCUT2D eigenvalue weighted by Gasteiger charge is -2.12. The lowest BCUT2D eigenvalue weighted by molar-refractivity contribution is -0.119. The van der Waals surface area contributed by atoms with Crippen molar-refractivity contribution in [3.63, 3.8) is 0 Å². The predicted octanol–water partition coefficient (Wildman–Crippen LogP) is 2.72. The van der Waals surface area contributed by atoms with E-state index >= 15 is 0 Å². The van der Waals surface area contributed by atoms with Gasteiger partial charge in [-0.2, -0.15) is 0 Å². The number of benzene rings is 2. The van der Waals surface area contributed by atoms with Crippen molar-refractivity contribution in [3.8, 4) is 11.4 Å². The Labute approximate surface area is 190 Å². The molecule has 1 saturated heterocycles. The molecule has 1 amide bonds. The van der Waals surface area contributed by atoms with Gasteiger partial charge in [-0.1, -0.05) is 54.2 Å². The van der Waals surface area contributed by atoms with Gasteiger partial charge in [-0.3, -0.25) is 4.79 Å². The average molecular weight is 475 g/mol. The minimum Gasteiger partial charge on any atom is -0.352 e. The fraction of sp³-hybridized carbons (Fsp3) is 0.318. The van der Waals surface area contributed by atoms with Crippen molar-refractivity contribution in [3.05, 3.63) is 66.0 Å². The molecule has 32 heavy (non-hydrogen) atoms. The van der Waals surface area contributed by atoms with Crippen molar-refractivity contribution in [2.45, 2.75) is 30.6 Å². The number of carbonyl (C=O) groups is 1. The molecule has 1 atom stereocenters. The van der Waals surface area contributed by atoms with Gasteiger partial charge in [0.05, 0.1) is 22.8 Å². The summed E-state index contributed by atoms with van der Waals surface area (Å²) in [7, 11) is -3.06. The van der Waals surface area contributed by atoms with Crippen LogP contribution in [0, 0.1) is 5.82 Å². The van der Waals surface area contributed by atoms with Crippen LogP contribution < -0.4 is 5.32 Å². The molecule has 168 valence electrons. The van der Waals surface area contributed by atoms with Crippen molar-refractivity contribution >= 4 is 27.5 Å². The highest BCUT2D eigenvalue weighted by atomic mass is 32.2. The highest BCUT2D eigenvalue weighted by Crippen LogP contribution is 2.26. The zero-order valence-corrected chi connectivity index (χ0v) is 18.9. The molecule has 1 aromatic heterocycles. The first-order chi connectivity index (χ1) is 15.4. The van der Waals surface area contributed by atoms with E-state index in [1.165, 1.54) is 17.8 Å². The van der Waals surface area contributed by atoms with Gasteiger partial charge in [-0.25, -0.2) is 12.8 Å². The van der Waals surface area contributed by atoms with Crippen LogP contribution in [0.15, 0.2) is 59.8 Å². The number of aromatic nitrogens is 3. The molecule has 1 fully saturated rings. The van der Waals surface area contributed by atoms with Crippen LogP contribution in [0.5, 0.6) is 0 Å². The number of nitrogens with one attached hydrogen (secondary N) is 1. The maximum atomic E-state index is 14.4. The Balaban J connectivity index is 1.49. The summed E-state index contributed by atoms with van der Waals surface area (Å²) in [5.41, 5.74) is 1.47. The first-order valence-corrected chi connectivity index (χ1v) is 13.1. The number of nitrogens with zero attached hydrogens (tertiary/aromatic N) is 3. The Bertz CT molecular complexity index is 1200. The number of hydrogen-bond donors (Lipinski definition) is 1. The molecule has 2 heterocycles. The van der Waals surface area contributed by atoms with E-state index < -0.39 is 15.7 Å². The predicted molar refractivity (Wildman–Crippen MR) is 121 cm³/mol. The summed E-state index contributed by atoms with van der Waals surface area (Å²) in [5, 5.41) is 11.7. The Kier molecular flexibility index (Phi) is 6.90. The van der Waals surface area contributed by atoms with E-state index in [0.717, 1.165) is 5.56 Å². The molecule has 0 radical (unpaired) electrons. The molecule has 2 aromatic carbocycles. The molecule has 0 unspecified atom stereocenters. The van der Waals surface area contributed by atoms with Gasteiger partial charge in [0, 0.05) is 12.6 Å². The van der Waals surface area contributed by atoms with Crippen LogP contribution in [0.3, 0.4) is 0 Å². The highest BCUT2D eigenvalue weighted by Gasteiger charge is 2.29. The Morgan fingerprint density at radius 1 is 1.12 bits per heavy atom. The molecule has 1 N–H and O–H groups in total. The van der Waals surface area contributed by atoms with Crippen molar-refractivity contribution in [2.24, 2.45) is 0 Å².